The summed E-state index contributed by atoms with van der Waals surface area (Å²) in [5.41, 5.74) is -1.49. The molecule has 2 heterocycles. The Morgan fingerprint density at radius 1 is 1.06 bits per heavy atom. The molecule has 0 bridgehead atoms. The average molecular weight is 512 g/mol. The van der Waals surface area contributed by atoms with Gasteiger partial charge in [0.2, 0.25) is 0 Å². The second kappa shape index (κ2) is 9.45. The molecule has 1 aliphatic heterocycles. The minimum Gasteiger partial charge on any atom is -0.387 e. The van der Waals surface area contributed by atoms with Crippen molar-refractivity contribution in [2.24, 2.45) is 0 Å². The van der Waals surface area contributed by atoms with Gasteiger partial charge in [0, 0.05) is 11.8 Å². The number of aryl methyl sites for hydroxylation is 1. The number of hydrogen-bond donors (Lipinski definition) is 7. The van der Waals surface area contributed by atoms with Gasteiger partial charge in [0.25, 0.3) is 5.56 Å². The largest absolute Gasteiger partial charge is 0.490 e. The van der Waals surface area contributed by atoms with Crippen LogP contribution in [0.5, 0.6) is 0 Å². The Morgan fingerprint density at radius 2 is 1.68 bits per heavy atom. The van der Waals surface area contributed by atoms with Gasteiger partial charge in [-0.2, -0.15) is 8.62 Å². The van der Waals surface area contributed by atoms with Crippen molar-refractivity contribution in [3.05, 3.63) is 32.6 Å². The third-order valence-electron chi connectivity index (χ3n) is 3.85. The Labute approximate surface area is 172 Å². The molecule has 1 saturated heterocycles. The molecule has 4 unspecified atom stereocenters. The molecule has 1 fully saturated rings. The van der Waals surface area contributed by atoms with Crippen molar-refractivity contribution >= 4 is 23.5 Å². The van der Waals surface area contributed by atoms with Crippen LogP contribution in [0.15, 0.2) is 15.8 Å². The Kier molecular flexibility index (Phi) is 7.99. The predicted molar refractivity (Wildman–Crippen MR) is 96.4 cm³/mol. The van der Waals surface area contributed by atoms with Crippen LogP contribution in [0.2, 0.25) is 0 Å². The van der Waals surface area contributed by atoms with Crippen molar-refractivity contribution in [1.82, 2.24) is 9.55 Å². The Hall–Kier alpha value is -1.03. The van der Waals surface area contributed by atoms with E-state index in [1.165, 1.54) is 0 Å². The lowest BCUT2D eigenvalue weighted by molar-refractivity contribution is -0.0543. The highest BCUT2D eigenvalue weighted by atomic mass is 31.3. The van der Waals surface area contributed by atoms with Crippen molar-refractivity contribution in [3.63, 3.8) is 0 Å². The Balaban J connectivity index is 2.12. The van der Waals surface area contributed by atoms with Crippen molar-refractivity contribution in [1.29, 1.82) is 0 Å². The molecule has 1 aliphatic rings. The van der Waals surface area contributed by atoms with E-state index in [0.29, 0.717) is 0 Å². The zero-order chi connectivity index (χ0) is 23.8. The number of ether oxygens (including phenoxy) is 1. The van der Waals surface area contributed by atoms with E-state index in [1.54, 1.807) is 6.92 Å². The van der Waals surface area contributed by atoms with Crippen LogP contribution < -0.4 is 11.2 Å². The number of phosphoric acid groups is 3. The normalized spacial score (nSPS) is 28.2. The summed E-state index contributed by atoms with van der Waals surface area (Å²) in [5.74, 6) is 0. The maximum Gasteiger partial charge on any atom is 0.490 e. The Morgan fingerprint density at radius 3 is 2.23 bits per heavy atom. The van der Waals surface area contributed by atoms with Crippen molar-refractivity contribution in [3.8, 4) is 0 Å². The van der Waals surface area contributed by atoms with Gasteiger partial charge in [-0.3, -0.25) is 18.9 Å². The van der Waals surface area contributed by atoms with Crippen LogP contribution in [0.3, 0.4) is 0 Å². The highest BCUT2D eigenvalue weighted by molar-refractivity contribution is 7.66. The first-order valence-corrected chi connectivity index (χ1v) is 12.7. The summed E-state index contributed by atoms with van der Waals surface area (Å²) in [7, 11) is -16.8. The fraction of sp³-hybridized carbons (Fsp3) is 0.636. The first-order chi connectivity index (χ1) is 14.1. The molecular weight excluding hydrogens is 493 g/mol. The second-order valence-electron chi connectivity index (χ2n) is 6.11. The van der Waals surface area contributed by atoms with Gasteiger partial charge in [0.1, 0.15) is 18.3 Å². The van der Waals surface area contributed by atoms with Crippen LogP contribution in [0.1, 0.15) is 18.7 Å². The molecule has 0 aliphatic carbocycles. The van der Waals surface area contributed by atoms with E-state index in [2.05, 4.69) is 13.1 Å². The fourth-order valence-corrected chi connectivity index (χ4v) is 5.57. The molecule has 6 atom stereocenters. The number of H-pyrrole nitrogens is 1. The van der Waals surface area contributed by atoms with Crippen LogP contribution in [0, 0.1) is 0 Å². The first kappa shape index (κ1) is 26.2. The van der Waals surface area contributed by atoms with E-state index in [4.69, 9.17) is 19.4 Å². The number of nitrogens with zero attached hydrogens (tertiary/aromatic N) is 1. The summed E-state index contributed by atoms with van der Waals surface area (Å²) >= 11 is 0. The van der Waals surface area contributed by atoms with Gasteiger partial charge >= 0.3 is 29.2 Å². The number of aromatic nitrogens is 2. The van der Waals surface area contributed by atoms with Gasteiger partial charge in [0.15, 0.2) is 6.23 Å². The SMILES string of the molecule is CCc1cn([C@H]2O[C@@H](COP(=O)(O)OP(=O)(O)OP(=O)(O)O)C(O)C2O)c(=O)[nH]c1=O. The quantitative estimate of drug-likeness (QED) is 0.177. The van der Waals surface area contributed by atoms with E-state index in [1.807, 2.05) is 4.98 Å². The number of hydrogen-bond acceptors (Lipinski definition) is 11. The van der Waals surface area contributed by atoms with Gasteiger partial charge in [-0.15, -0.1) is 0 Å². The maximum atomic E-state index is 12.0. The summed E-state index contributed by atoms with van der Waals surface area (Å²) in [6.45, 7) is 0.572. The van der Waals surface area contributed by atoms with E-state index < -0.39 is 65.9 Å². The fourth-order valence-electron chi connectivity index (χ4n) is 2.54. The molecule has 1 aromatic rings. The zero-order valence-corrected chi connectivity index (χ0v) is 18.1. The number of nitrogens with one attached hydrogen (secondary N) is 1. The molecule has 2 rings (SSSR count). The van der Waals surface area contributed by atoms with Crippen molar-refractivity contribution in [2.75, 3.05) is 6.61 Å². The number of aromatic amines is 1. The van der Waals surface area contributed by atoms with Crippen LogP contribution in [0.25, 0.3) is 0 Å². The molecule has 20 heteroatoms. The lowest BCUT2D eigenvalue weighted by Gasteiger charge is -2.19. The minimum atomic E-state index is -5.74. The van der Waals surface area contributed by atoms with E-state index in [0.717, 1.165) is 10.8 Å². The maximum absolute atomic E-state index is 12.0. The second-order valence-corrected chi connectivity index (χ2v) is 10.5. The molecule has 178 valence electrons. The van der Waals surface area contributed by atoms with Crippen molar-refractivity contribution < 1.29 is 61.4 Å². The molecule has 0 saturated carbocycles. The highest BCUT2D eigenvalue weighted by Gasteiger charge is 2.46. The lowest BCUT2D eigenvalue weighted by Crippen LogP contribution is -2.38. The number of rotatable bonds is 9. The molecule has 7 N–H and O–H groups in total. The molecule has 0 spiro atoms. The van der Waals surface area contributed by atoms with Crippen LogP contribution >= 0.6 is 23.5 Å². The Bertz CT molecular complexity index is 1060. The minimum absolute atomic E-state index is 0.154. The third-order valence-corrected chi connectivity index (χ3v) is 7.65. The molecule has 17 nitrogen and oxygen atoms in total. The van der Waals surface area contributed by atoms with E-state index >= 15 is 0 Å². The van der Waals surface area contributed by atoms with Gasteiger partial charge < -0.3 is 34.5 Å². The zero-order valence-electron chi connectivity index (χ0n) is 15.4. The monoisotopic (exact) mass is 512 g/mol. The third kappa shape index (κ3) is 6.97. The first-order valence-electron chi connectivity index (χ1n) is 8.19. The molecule has 0 aromatic carbocycles. The smallest absolute Gasteiger partial charge is 0.387 e. The van der Waals surface area contributed by atoms with Gasteiger partial charge in [-0.25, -0.2) is 18.5 Å². The molecular formula is C11H19N2O15P3. The van der Waals surface area contributed by atoms with E-state index in [9.17, 15) is 38.4 Å². The number of phosphoric ester groups is 1. The van der Waals surface area contributed by atoms with Gasteiger partial charge in [0.05, 0.1) is 6.61 Å². The predicted octanol–water partition coefficient (Wildman–Crippen LogP) is -1.94. The summed E-state index contributed by atoms with van der Waals surface area (Å²) in [6.07, 6.45) is -5.36. The molecule has 1 aromatic heterocycles. The van der Waals surface area contributed by atoms with Crippen LogP contribution in [0.4, 0.5) is 0 Å². The van der Waals surface area contributed by atoms with Gasteiger partial charge in [-0.05, 0) is 6.42 Å². The summed E-state index contributed by atoms with van der Waals surface area (Å²) < 4.78 is 51.0. The van der Waals surface area contributed by atoms with Crippen molar-refractivity contribution in [2.45, 2.75) is 37.9 Å². The standard InChI is InChI=1S/C11H19N2O15P3/c1-2-5-3-13(11(17)12-9(5)16)10-8(15)7(14)6(26-10)4-25-30(21,22)28-31(23,24)27-29(18,19)20/h3,6-8,10,14-15H,2,4H2,1H3,(H,21,22)(H,23,24)(H,12,16,17)(H2,18,19,20)/t6-,7?,8?,10-/m0/s1. The summed E-state index contributed by atoms with van der Waals surface area (Å²) in [6, 6.07) is 0. The van der Waals surface area contributed by atoms with E-state index in [-0.39, 0.29) is 12.0 Å². The molecule has 0 radical (unpaired) electrons. The number of aliphatic hydroxyl groups excluding tert-OH is 2. The van der Waals surface area contributed by atoms with Crippen LogP contribution in [-0.2, 0) is 38.0 Å². The average Bonchev–Trinajstić information content (AvgIpc) is 2.85. The van der Waals surface area contributed by atoms with Crippen LogP contribution in [-0.4, -0.2) is 64.3 Å². The van der Waals surface area contributed by atoms with Gasteiger partial charge in [-0.1, -0.05) is 6.92 Å². The summed E-state index contributed by atoms with van der Waals surface area (Å²) in [5, 5.41) is 20.2. The topological polar surface area (TPSA) is 264 Å². The molecule has 31 heavy (non-hydrogen) atoms. The lowest BCUT2D eigenvalue weighted by atomic mass is 10.1. The number of aliphatic hydroxyl groups is 2. The summed E-state index contributed by atoms with van der Waals surface area (Å²) in [4.78, 5) is 61.1. The molecule has 0 amide bonds. The highest BCUT2D eigenvalue weighted by Crippen LogP contribution is 2.66.